The Morgan fingerprint density at radius 2 is 2.14 bits per heavy atom. The van der Waals surface area contributed by atoms with Gasteiger partial charge in [0.25, 0.3) is 5.91 Å². The molecule has 8 heteroatoms. The van der Waals surface area contributed by atoms with E-state index in [1.165, 1.54) is 18.6 Å². The van der Waals surface area contributed by atoms with E-state index in [2.05, 4.69) is 10.3 Å². The van der Waals surface area contributed by atoms with Crippen LogP contribution in [0, 0.1) is 0 Å². The molecule has 0 spiro atoms. The highest BCUT2D eigenvalue weighted by Gasteiger charge is 2.30. The van der Waals surface area contributed by atoms with Gasteiger partial charge in [-0.1, -0.05) is 0 Å². The van der Waals surface area contributed by atoms with Crippen LogP contribution in [0.2, 0.25) is 0 Å². The Hall–Kier alpha value is -2.51. The molecule has 0 atom stereocenters. The summed E-state index contributed by atoms with van der Waals surface area (Å²) >= 11 is 0. The van der Waals surface area contributed by atoms with Crippen LogP contribution in [0.3, 0.4) is 0 Å². The van der Waals surface area contributed by atoms with Crippen molar-refractivity contribution >= 4 is 5.91 Å². The number of hydrogen-bond donors (Lipinski definition) is 1. The number of alkyl halides is 3. The molecule has 0 fully saturated rings. The molecule has 2 aromatic heterocycles. The molecule has 112 valence electrons. The molecular formula is C13H11F3N2O3. The second-order valence-electron chi connectivity index (χ2n) is 4.00. The van der Waals surface area contributed by atoms with Crippen LogP contribution in [0.4, 0.5) is 13.2 Å². The largest absolute Gasteiger partial charge is 0.476 e. The number of carbonyl (C=O) groups excluding carboxylic acids is 1. The normalized spacial score (nSPS) is 11.2. The van der Waals surface area contributed by atoms with Gasteiger partial charge in [0.1, 0.15) is 12.9 Å². The van der Waals surface area contributed by atoms with Gasteiger partial charge in [-0.25, -0.2) is 4.98 Å². The van der Waals surface area contributed by atoms with Crippen LogP contribution in [0.25, 0.3) is 0 Å². The average molecular weight is 300 g/mol. The summed E-state index contributed by atoms with van der Waals surface area (Å²) in [6.45, 7) is 0.272. The molecular weight excluding hydrogens is 289 g/mol. The fourth-order valence-corrected chi connectivity index (χ4v) is 1.45. The van der Waals surface area contributed by atoms with Gasteiger partial charge in [0, 0.05) is 12.3 Å². The second kappa shape index (κ2) is 6.29. The molecule has 0 radical (unpaired) electrons. The Labute approximate surface area is 117 Å². The lowest BCUT2D eigenvalue weighted by atomic mass is 10.3. The molecule has 0 saturated heterocycles. The number of furan rings is 1. The van der Waals surface area contributed by atoms with E-state index in [4.69, 9.17) is 9.15 Å². The summed E-state index contributed by atoms with van der Waals surface area (Å²) in [5.41, 5.74) is -0.467. The zero-order valence-electron chi connectivity index (χ0n) is 10.7. The van der Waals surface area contributed by atoms with Crippen molar-refractivity contribution in [2.24, 2.45) is 0 Å². The Bertz CT molecular complexity index is 580. The molecule has 0 aliphatic heterocycles. The number of halogens is 3. The first-order chi connectivity index (χ1) is 9.97. The smallest absolute Gasteiger partial charge is 0.417 e. The van der Waals surface area contributed by atoms with Crippen molar-refractivity contribution < 1.29 is 27.1 Å². The van der Waals surface area contributed by atoms with Gasteiger partial charge >= 0.3 is 6.18 Å². The fourth-order valence-electron chi connectivity index (χ4n) is 1.45. The number of pyridine rings is 1. The Morgan fingerprint density at radius 3 is 2.71 bits per heavy atom. The molecule has 2 aromatic rings. The van der Waals surface area contributed by atoms with Crippen molar-refractivity contribution in [1.29, 1.82) is 0 Å². The standard InChI is InChI=1S/C13H11F3N2O3/c14-13(15,16)10-1-2-11(18-7-10)21-6-4-17-12(19)9-3-5-20-8-9/h1-3,5,7-8H,4,6H2,(H,17,19). The molecule has 0 aliphatic carbocycles. The highest BCUT2D eigenvalue weighted by atomic mass is 19.4. The molecule has 0 aliphatic rings. The molecule has 0 unspecified atom stereocenters. The SMILES string of the molecule is O=C(NCCOc1ccc(C(F)(F)F)cn1)c1ccoc1. The van der Waals surface area contributed by atoms with Crippen molar-refractivity contribution in [3.63, 3.8) is 0 Å². The summed E-state index contributed by atoms with van der Waals surface area (Å²) in [6.07, 6.45) is -1.06. The van der Waals surface area contributed by atoms with Crippen LogP contribution >= 0.6 is 0 Å². The number of nitrogens with one attached hydrogen (secondary N) is 1. The van der Waals surface area contributed by atoms with Crippen LogP contribution < -0.4 is 10.1 Å². The minimum Gasteiger partial charge on any atom is -0.476 e. The lowest BCUT2D eigenvalue weighted by Crippen LogP contribution is -2.27. The maximum atomic E-state index is 12.3. The zero-order valence-corrected chi connectivity index (χ0v) is 10.7. The van der Waals surface area contributed by atoms with E-state index in [9.17, 15) is 18.0 Å². The number of ether oxygens (including phenoxy) is 1. The number of aromatic nitrogens is 1. The van der Waals surface area contributed by atoms with Crippen LogP contribution in [0.5, 0.6) is 5.88 Å². The lowest BCUT2D eigenvalue weighted by molar-refractivity contribution is -0.137. The van der Waals surface area contributed by atoms with Gasteiger partial charge in [-0.15, -0.1) is 0 Å². The highest BCUT2D eigenvalue weighted by Crippen LogP contribution is 2.29. The molecule has 21 heavy (non-hydrogen) atoms. The van der Waals surface area contributed by atoms with Gasteiger partial charge < -0.3 is 14.5 Å². The molecule has 0 bridgehead atoms. The Balaban J connectivity index is 1.75. The van der Waals surface area contributed by atoms with Crippen molar-refractivity contribution in [2.45, 2.75) is 6.18 Å². The molecule has 2 heterocycles. The summed E-state index contributed by atoms with van der Waals surface area (Å²) in [5, 5.41) is 2.56. The van der Waals surface area contributed by atoms with Gasteiger partial charge in [-0.05, 0) is 12.1 Å². The summed E-state index contributed by atoms with van der Waals surface area (Å²) in [7, 11) is 0. The zero-order chi connectivity index (χ0) is 15.3. The lowest BCUT2D eigenvalue weighted by Gasteiger charge is -2.08. The average Bonchev–Trinajstić information content (AvgIpc) is 2.97. The van der Waals surface area contributed by atoms with Crippen molar-refractivity contribution in [3.8, 4) is 5.88 Å². The van der Waals surface area contributed by atoms with Crippen LogP contribution in [-0.4, -0.2) is 24.0 Å². The van der Waals surface area contributed by atoms with E-state index in [0.717, 1.165) is 12.1 Å². The number of hydrogen-bond acceptors (Lipinski definition) is 4. The minimum atomic E-state index is -4.43. The maximum absolute atomic E-state index is 12.3. The molecule has 2 rings (SSSR count). The summed E-state index contributed by atoms with van der Waals surface area (Å²) in [5.74, 6) is -0.270. The van der Waals surface area contributed by atoms with E-state index >= 15 is 0 Å². The van der Waals surface area contributed by atoms with Crippen LogP contribution in [0.15, 0.2) is 41.3 Å². The third-order valence-electron chi connectivity index (χ3n) is 2.48. The van der Waals surface area contributed by atoms with E-state index in [1.807, 2.05) is 0 Å². The molecule has 1 amide bonds. The first-order valence-electron chi connectivity index (χ1n) is 5.93. The van der Waals surface area contributed by atoms with E-state index in [-0.39, 0.29) is 24.9 Å². The number of carbonyl (C=O) groups is 1. The first-order valence-corrected chi connectivity index (χ1v) is 5.93. The summed E-state index contributed by atoms with van der Waals surface area (Å²) in [6, 6.07) is 3.51. The van der Waals surface area contributed by atoms with Crippen molar-refractivity contribution in [3.05, 3.63) is 48.0 Å². The third-order valence-corrected chi connectivity index (χ3v) is 2.48. The van der Waals surface area contributed by atoms with Gasteiger partial charge in [-0.2, -0.15) is 13.2 Å². The van der Waals surface area contributed by atoms with Crippen molar-refractivity contribution in [2.75, 3.05) is 13.2 Å². The quantitative estimate of drug-likeness (QED) is 0.862. The van der Waals surface area contributed by atoms with E-state index in [1.54, 1.807) is 0 Å². The summed E-state index contributed by atoms with van der Waals surface area (Å²) in [4.78, 5) is 15.0. The third kappa shape index (κ3) is 4.23. The predicted octanol–water partition coefficient (Wildman–Crippen LogP) is 2.50. The number of nitrogens with zero attached hydrogens (tertiary/aromatic N) is 1. The summed E-state index contributed by atoms with van der Waals surface area (Å²) < 4.78 is 46.8. The van der Waals surface area contributed by atoms with Gasteiger partial charge in [0.05, 0.1) is 23.9 Å². The monoisotopic (exact) mass is 300 g/mol. The van der Waals surface area contributed by atoms with Gasteiger partial charge in [-0.3, -0.25) is 4.79 Å². The maximum Gasteiger partial charge on any atom is 0.417 e. The van der Waals surface area contributed by atoms with Crippen LogP contribution in [-0.2, 0) is 6.18 Å². The Kier molecular flexibility index (Phi) is 4.46. The van der Waals surface area contributed by atoms with Crippen LogP contribution in [0.1, 0.15) is 15.9 Å². The topological polar surface area (TPSA) is 64.4 Å². The van der Waals surface area contributed by atoms with Gasteiger partial charge in [0.2, 0.25) is 5.88 Å². The van der Waals surface area contributed by atoms with Crippen molar-refractivity contribution in [1.82, 2.24) is 10.3 Å². The number of rotatable bonds is 5. The minimum absolute atomic E-state index is 0.0561. The molecule has 0 saturated carbocycles. The molecule has 5 nitrogen and oxygen atoms in total. The second-order valence-corrected chi connectivity index (χ2v) is 4.00. The van der Waals surface area contributed by atoms with Gasteiger partial charge in [0.15, 0.2) is 0 Å². The highest BCUT2D eigenvalue weighted by molar-refractivity contribution is 5.93. The van der Waals surface area contributed by atoms with E-state index < -0.39 is 11.7 Å². The molecule has 0 aromatic carbocycles. The molecule has 1 N–H and O–H groups in total. The number of amides is 1. The van der Waals surface area contributed by atoms with E-state index in [0.29, 0.717) is 11.8 Å². The predicted molar refractivity (Wildman–Crippen MR) is 65.8 cm³/mol. The first kappa shape index (κ1) is 14.9. The fraction of sp³-hybridized carbons (Fsp3) is 0.231. The Morgan fingerprint density at radius 1 is 1.33 bits per heavy atom.